The summed E-state index contributed by atoms with van der Waals surface area (Å²) in [5, 5.41) is 0. The van der Waals surface area contributed by atoms with Crippen LogP contribution in [-0.2, 0) is 0 Å². The Balaban J connectivity index is 1.78. The monoisotopic (exact) mass is 364 g/mol. The van der Waals surface area contributed by atoms with Gasteiger partial charge in [-0.2, -0.15) is 0 Å². The molecule has 2 unspecified atom stereocenters. The Kier molecular flexibility index (Phi) is 8.47. The maximum atomic E-state index is 2.83. The van der Waals surface area contributed by atoms with Crippen LogP contribution in [0.2, 0.25) is 0 Å². The molecule has 2 saturated heterocycles. The van der Waals surface area contributed by atoms with Crippen molar-refractivity contribution in [3.8, 4) is 0 Å². The quantitative estimate of drug-likeness (QED) is 0.516. The average molecular weight is 365 g/mol. The van der Waals surface area contributed by atoms with Gasteiger partial charge in [-0.3, -0.25) is 4.90 Å². The summed E-state index contributed by atoms with van der Waals surface area (Å²) in [4.78, 5) is 5.50. The second-order valence-electron chi connectivity index (χ2n) is 11.0. The highest BCUT2D eigenvalue weighted by Crippen LogP contribution is 2.34. The first-order valence-electron chi connectivity index (χ1n) is 11.7. The van der Waals surface area contributed by atoms with Crippen molar-refractivity contribution in [2.24, 2.45) is 23.7 Å². The van der Waals surface area contributed by atoms with Crippen LogP contribution in [0.1, 0.15) is 93.4 Å². The van der Waals surface area contributed by atoms with Gasteiger partial charge in [0.25, 0.3) is 0 Å². The molecule has 2 heterocycles. The van der Waals surface area contributed by atoms with Gasteiger partial charge in [-0.1, -0.05) is 20.8 Å². The van der Waals surface area contributed by atoms with Crippen molar-refractivity contribution in [2.45, 2.75) is 105 Å². The molecule has 2 aliphatic rings. The topological polar surface area (TPSA) is 6.48 Å². The van der Waals surface area contributed by atoms with E-state index in [4.69, 9.17) is 0 Å². The van der Waals surface area contributed by atoms with Crippen molar-refractivity contribution in [3.05, 3.63) is 0 Å². The van der Waals surface area contributed by atoms with Crippen LogP contribution in [0.4, 0.5) is 0 Å². The van der Waals surface area contributed by atoms with Gasteiger partial charge >= 0.3 is 0 Å². The highest BCUT2D eigenvalue weighted by Gasteiger charge is 2.33. The smallest absolute Gasteiger partial charge is 0.0155 e. The summed E-state index contributed by atoms with van der Waals surface area (Å²) in [5.74, 6) is 3.59. The van der Waals surface area contributed by atoms with Crippen molar-refractivity contribution < 1.29 is 0 Å². The Morgan fingerprint density at radius 3 is 2.08 bits per heavy atom. The van der Waals surface area contributed by atoms with Gasteiger partial charge in [0, 0.05) is 18.1 Å². The van der Waals surface area contributed by atoms with Crippen LogP contribution < -0.4 is 0 Å². The Hall–Kier alpha value is -0.0800. The van der Waals surface area contributed by atoms with Gasteiger partial charge in [0.1, 0.15) is 0 Å². The van der Waals surface area contributed by atoms with E-state index in [2.05, 4.69) is 58.3 Å². The molecule has 2 nitrogen and oxygen atoms in total. The SMILES string of the molecule is CC(C)CC1CCCN(C(C)(C)CC(C)CC2CCN(C(C)C)CC2)C1. The number of likely N-dealkylation sites (tertiary alicyclic amines) is 2. The van der Waals surface area contributed by atoms with Gasteiger partial charge in [0.15, 0.2) is 0 Å². The van der Waals surface area contributed by atoms with E-state index in [1.807, 2.05) is 0 Å². The lowest BCUT2D eigenvalue weighted by atomic mass is 9.80. The van der Waals surface area contributed by atoms with Crippen molar-refractivity contribution >= 4 is 0 Å². The highest BCUT2D eigenvalue weighted by molar-refractivity contribution is 4.88. The van der Waals surface area contributed by atoms with E-state index < -0.39 is 0 Å². The third-order valence-electron chi connectivity index (χ3n) is 7.14. The summed E-state index contributed by atoms with van der Waals surface area (Å²) in [7, 11) is 0. The number of hydrogen-bond acceptors (Lipinski definition) is 2. The molecule has 0 spiro atoms. The molecule has 0 aromatic carbocycles. The molecule has 0 bridgehead atoms. The van der Waals surface area contributed by atoms with E-state index in [1.165, 1.54) is 71.1 Å². The molecule has 0 aromatic rings. The zero-order valence-corrected chi connectivity index (χ0v) is 19.1. The third kappa shape index (κ3) is 6.82. The maximum absolute atomic E-state index is 2.83. The number of hydrogen-bond donors (Lipinski definition) is 0. The second kappa shape index (κ2) is 9.92. The number of piperidine rings is 2. The molecule has 0 radical (unpaired) electrons. The van der Waals surface area contributed by atoms with Gasteiger partial charge in [-0.05, 0) is 116 Å². The Morgan fingerprint density at radius 1 is 0.846 bits per heavy atom. The van der Waals surface area contributed by atoms with E-state index in [9.17, 15) is 0 Å². The zero-order chi connectivity index (χ0) is 19.3. The Labute approximate surface area is 165 Å². The molecule has 154 valence electrons. The molecule has 0 saturated carbocycles. The summed E-state index contributed by atoms with van der Waals surface area (Å²) in [6, 6.07) is 0.727. The van der Waals surface area contributed by atoms with Gasteiger partial charge in [0.2, 0.25) is 0 Å². The average Bonchev–Trinajstić information content (AvgIpc) is 2.54. The molecule has 2 rings (SSSR count). The molecule has 0 aromatic heterocycles. The molecular weight excluding hydrogens is 316 g/mol. The van der Waals surface area contributed by atoms with E-state index in [1.54, 1.807) is 0 Å². The fraction of sp³-hybridized carbons (Fsp3) is 1.00. The van der Waals surface area contributed by atoms with Gasteiger partial charge < -0.3 is 4.90 Å². The van der Waals surface area contributed by atoms with Crippen LogP contribution in [-0.4, -0.2) is 47.6 Å². The molecule has 26 heavy (non-hydrogen) atoms. The summed E-state index contributed by atoms with van der Waals surface area (Å²) >= 11 is 0. The van der Waals surface area contributed by atoms with E-state index in [0.29, 0.717) is 5.54 Å². The van der Waals surface area contributed by atoms with Crippen LogP contribution >= 0.6 is 0 Å². The van der Waals surface area contributed by atoms with Crippen molar-refractivity contribution in [1.29, 1.82) is 0 Å². The summed E-state index contributed by atoms with van der Waals surface area (Å²) in [6.07, 6.45) is 9.92. The fourth-order valence-electron chi connectivity index (χ4n) is 5.81. The number of nitrogens with zero attached hydrogens (tertiary/aromatic N) is 2. The van der Waals surface area contributed by atoms with E-state index >= 15 is 0 Å². The zero-order valence-electron chi connectivity index (χ0n) is 19.1. The maximum Gasteiger partial charge on any atom is 0.0155 e. The predicted octanol–water partition coefficient (Wildman–Crippen LogP) is 6.06. The van der Waals surface area contributed by atoms with Crippen LogP contribution in [0.3, 0.4) is 0 Å². The first-order valence-corrected chi connectivity index (χ1v) is 11.7. The molecular formula is C24H48N2. The lowest BCUT2D eigenvalue weighted by Crippen LogP contribution is -2.50. The van der Waals surface area contributed by atoms with Gasteiger partial charge in [-0.15, -0.1) is 0 Å². The molecule has 0 aliphatic carbocycles. The summed E-state index contributed by atoms with van der Waals surface area (Å²) in [6.45, 7) is 22.3. The van der Waals surface area contributed by atoms with Crippen LogP contribution in [0.5, 0.6) is 0 Å². The van der Waals surface area contributed by atoms with Crippen molar-refractivity contribution in [2.75, 3.05) is 26.2 Å². The first-order chi connectivity index (χ1) is 12.2. The minimum Gasteiger partial charge on any atom is -0.301 e. The summed E-state index contributed by atoms with van der Waals surface area (Å²) in [5.41, 5.74) is 0.369. The standard InChI is InChI=1S/C24H48N2/c1-19(2)15-23-9-8-12-26(18-23)24(6,7)17-21(5)16-22-10-13-25(14-11-22)20(3)4/h19-23H,8-18H2,1-7H3. The van der Waals surface area contributed by atoms with Gasteiger partial charge in [-0.25, -0.2) is 0 Å². The number of rotatable bonds is 8. The van der Waals surface area contributed by atoms with Crippen LogP contribution in [0.15, 0.2) is 0 Å². The lowest BCUT2D eigenvalue weighted by molar-refractivity contribution is 0.0405. The van der Waals surface area contributed by atoms with Crippen LogP contribution in [0.25, 0.3) is 0 Å². The highest BCUT2D eigenvalue weighted by atomic mass is 15.2. The lowest BCUT2D eigenvalue weighted by Gasteiger charge is -2.45. The predicted molar refractivity (Wildman–Crippen MR) is 116 cm³/mol. The summed E-state index contributed by atoms with van der Waals surface area (Å²) < 4.78 is 0. The molecule has 2 heteroatoms. The first kappa shape index (κ1) is 22.2. The van der Waals surface area contributed by atoms with E-state index in [-0.39, 0.29) is 0 Å². The minimum atomic E-state index is 0.369. The normalized spacial score (nSPS) is 26.0. The largest absolute Gasteiger partial charge is 0.301 e. The Morgan fingerprint density at radius 2 is 1.50 bits per heavy atom. The minimum absolute atomic E-state index is 0.369. The van der Waals surface area contributed by atoms with Gasteiger partial charge in [0.05, 0.1) is 0 Å². The van der Waals surface area contributed by atoms with Crippen molar-refractivity contribution in [3.63, 3.8) is 0 Å². The molecule has 2 aliphatic heterocycles. The molecule has 0 amide bonds. The molecule has 2 fully saturated rings. The Bertz CT molecular complexity index is 393. The molecule has 0 N–H and O–H groups in total. The molecule has 2 atom stereocenters. The fourth-order valence-corrected chi connectivity index (χ4v) is 5.81. The van der Waals surface area contributed by atoms with Crippen molar-refractivity contribution in [1.82, 2.24) is 9.80 Å². The third-order valence-corrected chi connectivity index (χ3v) is 7.14. The van der Waals surface area contributed by atoms with Crippen LogP contribution in [0, 0.1) is 23.7 Å². The van der Waals surface area contributed by atoms with E-state index in [0.717, 1.165) is 29.7 Å². The second-order valence-corrected chi connectivity index (χ2v) is 11.0.